The average molecular weight is 200 g/mol. The molecule has 0 aliphatic carbocycles. The first-order valence-electron chi connectivity index (χ1n) is 4.93. The summed E-state index contributed by atoms with van der Waals surface area (Å²) in [4.78, 5) is 22.2. The second-order valence-electron chi connectivity index (χ2n) is 3.53. The van der Waals surface area contributed by atoms with Crippen molar-refractivity contribution in [3.8, 4) is 0 Å². The predicted octanol–water partition coefficient (Wildman–Crippen LogP) is 0.934. The standard InChI is InChI=1S/C10H16O4/c1-3-4-13-6-8-5-9(7(2)11)10(12)14-8/h8-9H,3-6H2,1-2H3/t8-,9+/m0/s1. The summed E-state index contributed by atoms with van der Waals surface area (Å²) in [5.74, 6) is -1.08. The van der Waals surface area contributed by atoms with Crippen molar-refractivity contribution in [1.82, 2.24) is 0 Å². The van der Waals surface area contributed by atoms with E-state index < -0.39 is 11.9 Å². The lowest BCUT2D eigenvalue weighted by Gasteiger charge is -2.08. The summed E-state index contributed by atoms with van der Waals surface area (Å²) in [6.07, 6.45) is 1.18. The molecule has 1 saturated heterocycles. The molecule has 80 valence electrons. The Labute approximate surface area is 83.6 Å². The fourth-order valence-corrected chi connectivity index (χ4v) is 1.45. The lowest BCUT2D eigenvalue weighted by Crippen LogP contribution is -2.16. The van der Waals surface area contributed by atoms with Gasteiger partial charge >= 0.3 is 5.97 Å². The minimum Gasteiger partial charge on any atom is -0.459 e. The zero-order valence-corrected chi connectivity index (χ0v) is 8.62. The highest BCUT2D eigenvalue weighted by Crippen LogP contribution is 2.22. The van der Waals surface area contributed by atoms with Crippen molar-refractivity contribution in [3.05, 3.63) is 0 Å². The maximum Gasteiger partial charge on any atom is 0.316 e. The van der Waals surface area contributed by atoms with E-state index in [0.717, 1.165) is 6.42 Å². The Hall–Kier alpha value is -0.900. The van der Waals surface area contributed by atoms with Crippen LogP contribution in [0.3, 0.4) is 0 Å². The molecule has 0 aromatic carbocycles. The molecule has 0 radical (unpaired) electrons. The van der Waals surface area contributed by atoms with Gasteiger partial charge in [0, 0.05) is 13.0 Å². The fraction of sp³-hybridized carbons (Fsp3) is 0.800. The van der Waals surface area contributed by atoms with E-state index in [0.29, 0.717) is 19.6 Å². The molecule has 0 saturated carbocycles. The van der Waals surface area contributed by atoms with Gasteiger partial charge in [0.25, 0.3) is 0 Å². The van der Waals surface area contributed by atoms with Crippen LogP contribution in [0.2, 0.25) is 0 Å². The van der Waals surface area contributed by atoms with Gasteiger partial charge in [0.2, 0.25) is 0 Å². The van der Waals surface area contributed by atoms with Crippen LogP contribution >= 0.6 is 0 Å². The molecule has 0 N–H and O–H groups in total. The molecule has 0 spiro atoms. The lowest BCUT2D eigenvalue weighted by molar-refractivity contribution is -0.147. The van der Waals surface area contributed by atoms with E-state index in [1.54, 1.807) is 0 Å². The summed E-state index contributed by atoms with van der Waals surface area (Å²) in [7, 11) is 0. The minimum absolute atomic E-state index is 0.118. The van der Waals surface area contributed by atoms with Crippen molar-refractivity contribution in [2.75, 3.05) is 13.2 Å². The van der Waals surface area contributed by atoms with Crippen LogP contribution in [0.15, 0.2) is 0 Å². The Balaban J connectivity index is 2.31. The number of carbonyl (C=O) groups excluding carboxylic acids is 2. The maximum absolute atomic E-state index is 11.2. The molecule has 2 atom stereocenters. The third-order valence-electron chi connectivity index (χ3n) is 2.21. The van der Waals surface area contributed by atoms with Gasteiger partial charge < -0.3 is 9.47 Å². The molecule has 0 aromatic heterocycles. The van der Waals surface area contributed by atoms with E-state index in [-0.39, 0.29) is 11.9 Å². The monoisotopic (exact) mass is 200 g/mol. The summed E-state index contributed by atoms with van der Waals surface area (Å²) in [5, 5.41) is 0. The molecule has 4 heteroatoms. The van der Waals surface area contributed by atoms with E-state index in [2.05, 4.69) is 0 Å². The Morgan fingerprint density at radius 2 is 2.36 bits per heavy atom. The van der Waals surface area contributed by atoms with Crippen molar-refractivity contribution >= 4 is 11.8 Å². The molecule has 0 unspecified atom stereocenters. The van der Waals surface area contributed by atoms with Gasteiger partial charge in [-0.05, 0) is 13.3 Å². The molecule has 1 rings (SSSR count). The maximum atomic E-state index is 11.2. The van der Waals surface area contributed by atoms with Gasteiger partial charge in [0.05, 0.1) is 6.61 Å². The summed E-state index contributed by atoms with van der Waals surface area (Å²) < 4.78 is 10.3. The van der Waals surface area contributed by atoms with Gasteiger partial charge in [-0.1, -0.05) is 6.92 Å². The van der Waals surface area contributed by atoms with Crippen LogP contribution in [0.1, 0.15) is 26.7 Å². The fourth-order valence-electron chi connectivity index (χ4n) is 1.45. The van der Waals surface area contributed by atoms with Gasteiger partial charge in [-0.2, -0.15) is 0 Å². The van der Waals surface area contributed by atoms with Crippen LogP contribution in [0.4, 0.5) is 0 Å². The quantitative estimate of drug-likeness (QED) is 0.376. The third kappa shape index (κ3) is 2.80. The van der Waals surface area contributed by atoms with Crippen molar-refractivity contribution < 1.29 is 19.1 Å². The highest BCUT2D eigenvalue weighted by molar-refractivity contribution is 5.98. The molecular weight excluding hydrogens is 184 g/mol. The van der Waals surface area contributed by atoms with Gasteiger partial charge in [-0.25, -0.2) is 0 Å². The number of carbonyl (C=O) groups is 2. The molecule has 14 heavy (non-hydrogen) atoms. The van der Waals surface area contributed by atoms with Crippen molar-refractivity contribution in [3.63, 3.8) is 0 Å². The number of cyclic esters (lactones) is 1. The highest BCUT2D eigenvalue weighted by Gasteiger charge is 2.37. The molecule has 1 fully saturated rings. The summed E-state index contributed by atoms with van der Waals surface area (Å²) in [6.45, 7) is 4.50. The number of ketones is 1. The van der Waals surface area contributed by atoms with Crippen molar-refractivity contribution in [2.45, 2.75) is 32.8 Å². The molecule has 0 aromatic rings. The van der Waals surface area contributed by atoms with E-state index in [1.165, 1.54) is 6.92 Å². The SMILES string of the molecule is CCCOC[C@@H]1C[C@H](C(C)=O)C(=O)O1. The van der Waals surface area contributed by atoms with E-state index >= 15 is 0 Å². The van der Waals surface area contributed by atoms with Gasteiger partial charge in [0.1, 0.15) is 17.8 Å². The van der Waals surface area contributed by atoms with Crippen LogP contribution < -0.4 is 0 Å². The Bertz CT molecular complexity index is 224. The zero-order chi connectivity index (χ0) is 10.6. The number of esters is 1. The van der Waals surface area contributed by atoms with Crippen LogP contribution in [0.25, 0.3) is 0 Å². The lowest BCUT2D eigenvalue weighted by atomic mass is 10.0. The Morgan fingerprint density at radius 1 is 1.64 bits per heavy atom. The third-order valence-corrected chi connectivity index (χ3v) is 2.21. The molecule has 0 amide bonds. The number of rotatable bonds is 5. The average Bonchev–Trinajstić information content (AvgIpc) is 2.47. The molecule has 4 nitrogen and oxygen atoms in total. The number of ether oxygens (including phenoxy) is 2. The van der Waals surface area contributed by atoms with Crippen LogP contribution in [0, 0.1) is 5.92 Å². The Morgan fingerprint density at radius 3 is 2.86 bits per heavy atom. The van der Waals surface area contributed by atoms with Gasteiger partial charge in [-0.15, -0.1) is 0 Å². The second-order valence-corrected chi connectivity index (χ2v) is 3.53. The molecule has 0 bridgehead atoms. The number of hydrogen-bond donors (Lipinski definition) is 0. The molecule has 1 aliphatic rings. The smallest absolute Gasteiger partial charge is 0.316 e. The largest absolute Gasteiger partial charge is 0.459 e. The first-order chi connectivity index (χ1) is 6.65. The van der Waals surface area contributed by atoms with Crippen LogP contribution in [-0.4, -0.2) is 31.1 Å². The normalized spacial score (nSPS) is 26.3. The summed E-state index contributed by atoms with van der Waals surface area (Å²) >= 11 is 0. The van der Waals surface area contributed by atoms with Gasteiger partial charge in [-0.3, -0.25) is 9.59 Å². The zero-order valence-electron chi connectivity index (χ0n) is 8.62. The van der Waals surface area contributed by atoms with Crippen molar-refractivity contribution in [1.29, 1.82) is 0 Å². The summed E-state index contributed by atoms with van der Waals surface area (Å²) in [6, 6.07) is 0. The molecule has 1 aliphatic heterocycles. The van der Waals surface area contributed by atoms with Crippen LogP contribution in [-0.2, 0) is 19.1 Å². The summed E-state index contributed by atoms with van der Waals surface area (Å²) in [5.41, 5.74) is 0. The number of Topliss-reactive ketones (excluding diaryl/α,β-unsaturated/α-hetero) is 1. The topological polar surface area (TPSA) is 52.6 Å². The van der Waals surface area contributed by atoms with Crippen molar-refractivity contribution in [2.24, 2.45) is 5.92 Å². The second kappa shape index (κ2) is 5.10. The predicted molar refractivity (Wildman–Crippen MR) is 49.8 cm³/mol. The first kappa shape index (κ1) is 11.2. The van der Waals surface area contributed by atoms with Gasteiger partial charge in [0.15, 0.2) is 0 Å². The Kier molecular flexibility index (Phi) is 4.07. The molecular formula is C10H16O4. The molecule has 1 heterocycles. The highest BCUT2D eigenvalue weighted by atomic mass is 16.6. The van der Waals surface area contributed by atoms with Crippen LogP contribution in [0.5, 0.6) is 0 Å². The van der Waals surface area contributed by atoms with E-state index in [1.807, 2.05) is 6.92 Å². The van der Waals surface area contributed by atoms with E-state index in [9.17, 15) is 9.59 Å². The first-order valence-corrected chi connectivity index (χ1v) is 4.93. The minimum atomic E-state index is -0.565. The van der Waals surface area contributed by atoms with E-state index in [4.69, 9.17) is 9.47 Å². The number of hydrogen-bond acceptors (Lipinski definition) is 4.